The van der Waals surface area contributed by atoms with E-state index in [1.807, 2.05) is 13.0 Å². The molecule has 6 nitrogen and oxygen atoms in total. The molecule has 96 valence electrons. The highest BCUT2D eigenvalue weighted by atomic mass is 16.5. The number of rotatable bonds is 5. The average molecular weight is 248 g/mol. The van der Waals surface area contributed by atoms with Gasteiger partial charge in [0.05, 0.1) is 12.8 Å². The molecule has 0 aliphatic rings. The second-order valence-corrected chi connectivity index (χ2v) is 3.68. The van der Waals surface area contributed by atoms with Crippen LogP contribution < -0.4 is 15.2 Å². The number of nitrogens with zero attached hydrogens (tertiary/aromatic N) is 3. The van der Waals surface area contributed by atoms with Gasteiger partial charge in [-0.25, -0.2) is 9.67 Å². The number of nitrogens with two attached hydrogens (primary N) is 1. The van der Waals surface area contributed by atoms with Gasteiger partial charge in [-0.3, -0.25) is 0 Å². The Morgan fingerprint density at radius 1 is 1.39 bits per heavy atom. The van der Waals surface area contributed by atoms with Gasteiger partial charge in [-0.05, 0) is 19.1 Å². The van der Waals surface area contributed by atoms with Crippen molar-refractivity contribution in [3.8, 4) is 11.5 Å². The van der Waals surface area contributed by atoms with Gasteiger partial charge in [-0.2, -0.15) is 5.10 Å². The number of benzene rings is 1. The van der Waals surface area contributed by atoms with Gasteiger partial charge in [0.2, 0.25) is 0 Å². The zero-order valence-electron chi connectivity index (χ0n) is 10.5. The van der Waals surface area contributed by atoms with E-state index in [2.05, 4.69) is 10.1 Å². The van der Waals surface area contributed by atoms with Crippen molar-refractivity contribution in [1.82, 2.24) is 14.8 Å². The van der Waals surface area contributed by atoms with Gasteiger partial charge >= 0.3 is 0 Å². The molecule has 0 saturated carbocycles. The molecule has 1 heterocycles. The summed E-state index contributed by atoms with van der Waals surface area (Å²) < 4.78 is 12.5. The number of aryl methyl sites for hydroxylation is 1. The minimum atomic E-state index is 0.361. The van der Waals surface area contributed by atoms with Gasteiger partial charge in [0, 0.05) is 12.6 Å². The molecular weight excluding hydrogens is 232 g/mol. The normalized spacial score (nSPS) is 10.3. The lowest BCUT2D eigenvalue weighted by atomic mass is 10.3. The lowest BCUT2D eigenvalue weighted by Crippen LogP contribution is -2.07. The van der Waals surface area contributed by atoms with E-state index in [1.54, 1.807) is 23.9 Å². The smallest absolute Gasteiger partial charge is 0.164 e. The molecule has 2 N–H and O–H groups in total. The maximum absolute atomic E-state index is 5.80. The Hall–Kier alpha value is -2.24. The maximum Gasteiger partial charge on any atom is 0.164 e. The summed E-state index contributed by atoms with van der Waals surface area (Å²) in [6, 6.07) is 5.31. The van der Waals surface area contributed by atoms with Crippen LogP contribution in [0, 0.1) is 0 Å². The molecule has 0 aliphatic heterocycles. The first-order valence-corrected chi connectivity index (χ1v) is 5.67. The summed E-state index contributed by atoms with van der Waals surface area (Å²) in [5.41, 5.74) is 6.35. The van der Waals surface area contributed by atoms with E-state index < -0.39 is 0 Å². The Labute approximate surface area is 105 Å². The highest BCUT2D eigenvalue weighted by Gasteiger charge is 2.05. The molecular formula is C12H16N4O2. The maximum atomic E-state index is 5.80. The third-order valence-electron chi connectivity index (χ3n) is 2.56. The number of methoxy groups -OCH3 is 1. The van der Waals surface area contributed by atoms with Crippen LogP contribution in [0.2, 0.25) is 0 Å². The number of hydrogen-bond donors (Lipinski definition) is 1. The molecule has 6 heteroatoms. The van der Waals surface area contributed by atoms with Crippen molar-refractivity contribution in [2.24, 2.45) is 0 Å². The Kier molecular flexibility index (Phi) is 3.66. The predicted molar refractivity (Wildman–Crippen MR) is 67.4 cm³/mol. The lowest BCUT2D eigenvalue weighted by Gasteiger charge is -2.09. The van der Waals surface area contributed by atoms with E-state index in [1.165, 1.54) is 6.33 Å². The van der Waals surface area contributed by atoms with Gasteiger partial charge in [0.15, 0.2) is 5.82 Å². The van der Waals surface area contributed by atoms with Crippen molar-refractivity contribution >= 4 is 5.69 Å². The van der Waals surface area contributed by atoms with E-state index in [-0.39, 0.29) is 0 Å². The molecule has 0 spiro atoms. The van der Waals surface area contributed by atoms with E-state index in [9.17, 15) is 0 Å². The summed E-state index contributed by atoms with van der Waals surface area (Å²) in [6.07, 6.45) is 1.52. The van der Waals surface area contributed by atoms with Crippen LogP contribution in [-0.4, -0.2) is 21.9 Å². The fourth-order valence-electron chi connectivity index (χ4n) is 1.61. The van der Waals surface area contributed by atoms with Crippen LogP contribution in [-0.2, 0) is 13.2 Å². The molecule has 2 rings (SSSR count). The van der Waals surface area contributed by atoms with Gasteiger partial charge in [0.1, 0.15) is 24.4 Å². The van der Waals surface area contributed by atoms with Gasteiger partial charge in [0.25, 0.3) is 0 Å². The van der Waals surface area contributed by atoms with Crippen LogP contribution in [0.25, 0.3) is 0 Å². The Morgan fingerprint density at radius 3 is 2.89 bits per heavy atom. The highest BCUT2D eigenvalue weighted by molar-refractivity contribution is 5.56. The molecule has 2 aromatic rings. The first kappa shape index (κ1) is 12.2. The summed E-state index contributed by atoms with van der Waals surface area (Å²) in [6.45, 7) is 3.13. The average Bonchev–Trinajstić information content (AvgIpc) is 2.84. The number of hydrogen-bond acceptors (Lipinski definition) is 5. The third-order valence-corrected chi connectivity index (χ3v) is 2.56. The van der Waals surface area contributed by atoms with Crippen LogP contribution in [0.4, 0.5) is 5.69 Å². The van der Waals surface area contributed by atoms with Crippen LogP contribution >= 0.6 is 0 Å². The second kappa shape index (κ2) is 5.39. The van der Waals surface area contributed by atoms with Gasteiger partial charge < -0.3 is 15.2 Å². The van der Waals surface area contributed by atoms with E-state index in [0.717, 1.165) is 12.4 Å². The number of aromatic nitrogens is 3. The molecule has 0 unspecified atom stereocenters. The standard InChI is InChI=1S/C12H16N4O2/c1-3-16-12(14-8-15-16)7-18-9-4-5-11(17-2)10(13)6-9/h4-6,8H,3,7,13H2,1-2H3. The zero-order chi connectivity index (χ0) is 13.0. The van der Waals surface area contributed by atoms with Crippen molar-refractivity contribution in [2.45, 2.75) is 20.1 Å². The number of ether oxygens (including phenoxy) is 2. The Morgan fingerprint density at radius 2 is 2.22 bits per heavy atom. The number of anilines is 1. The molecule has 0 amide bonds. The first-order chi connectivity index (χ1) is 8.74. The minimum Gasteiger partial charge on any atom is -0.495 e. The summed E-state index contributed by atoms with van der Waals surface area (Å²) >= 11 is 0. The largest absolute Gasteiger partial charge is 0.495 e. The van der Waals surface area contributed by atoms with Gasteiger partial charge in [-0.1, -0.05) is 0 Å². The lowest BCUT2D eigenvalue weighted by molar-refractivity contribution is 0.287. The van der Waals surface area contributed by atoms with Crippen LogP contribution in [0.1, 0.15) is 12.7 Å². The molecule has 1 aromatic carbocycles. The second-order valence-electron chi connectivity index (χ2n) is 3.68. The van der Waals surface area contributed by atoms with Crippen LogP contribution in [0.15, 0.2) is 24.5 Å². The molecule has 1 aromatic heterocycles. The molecule has 0 bridgehead atoms. The van der Waals surface area contributed by atoms with E-state index in [4.69, 9.17) is 15.2 Å². The fourth-order valence-corrected chi connectivity index (χ4v) is 1.61. The summed E-state index contributed by atoms with van der Waals surface area (Å²) in [4.78, 5) is 4.13. The summed E-state index contributed by atoms with van der Waals surface area (Å²) in [7, 11) is 1.58. The monoisotopic (exact) mass is 248 g/mol. The van der Waals surface area contributed by atoms with Crippen molar-refractivity contribution in [3.05, 3.63) is 30.4 Å². The molecule has 0 radical (unpaired) electrons. The Bertz CT molecular complexity index is 525. The van der Waals surface area contributed by atoms with Crippen LogP contribution in [0.3, 0.4) is 0 Å². The van der Waals surface area contributed by atoms with E-state index >= 15 is 0 Å². The molecule has 18 heavy (non-hydrogen) atoms. The number of nitrogen functional groups attached to an aromatic ring is 1. The van der Waals surface area contributed by atoms with E-state index in [0.29, 0.717) is 23.8 Å². The fraction of sp³-hybridized carbons (Fsp3) is 0.333. The molecule has 0 saturated heterocycles. The quantitative estimate of drug-likeness (QED) is 0.811. The van der Waals surface area contributed by atoms with Crippen LogP contribution in [0.5, 0.6) is 11.5 Å². The molecule has 0 atom stereocenters. The van der Waals surface area contributed by atoms with Crippen molar-refractivity contribution in [3.63, 3.8) is 0 Å². The Balaban J connectivity index is 2.04. The topological polar surface area (TPSA) is 75.2 Å². The highest BCUT2D eigenvalue weighted by Crippen LogP contribution is 2.26. The molecule has 0 aliphatic carbocycles. The van der Waals surface area contributed by atoms with Gasteiger partial charge in [-0.15, -0.1) is 0 Å². The first-order valence-electron chi connectivity index (χ1n) is 5.67. The zero-order valence-corrected chi connectivity index (χ0v) is 10.5. The summed E-state index contributed by atoms with van der Waals surface area (Å²) in [5, 5.41) is 4.07. The van der Waals surface area contributed by atoms with Crippen molar-refractivity contribution < 1.29 is 9.47 Å². The van der Waals surface area contributed by atoms with Crippen molar-refractivity contribution in [2.75, 3.05) is 12.8 Å². The minimum absolute atomic E-state index is 0.361. The SMILES string of the molecule is CCn1ncnc1COc1ccc(OC)c(N)c1. The predicted octanol–water partition coefficient (Wildman–Crippen LogP) is 1.47. The third kappa shape index (κ3) is 2.53. The summed E-state index contributed by atoms with van der Waals surface area (Å²) in [5.74, 6) is 2.10. The van der Waals surface area contributed by atoms with Crippen molar-refractivity contribution in [1.29, 1.82) is 0 Å². The molecule has 0 fully saturated rings.